The van der Waals surface area contributed by atoms with Crippen LogP contribution in [0.5, 0.6) is 11.9 Å². The molecule has 154 valence electrons. The van der Waals surface area contributed by atoms with Crippen LogP contribution in [0.3, 0.4) is 0 Å². The highest BCUT2D eigenvalue weighted by atomic mass is 19.1. The number of halogens is 1. The molecule has 1 aromatic carbocycles. The Labute approximate surface area is 173 Å². The maximum atomic E-state index is 12.3. The van der Waals surface area contributed by atoms with Crippen molar-refractivity contribution < 1.29 is 13.9 Å². The lowest BCUT2D eigenvalue weighted by molar-refractivity contribution is 0.353. The summed E-state index contributed by atoms with van der Waals surface area (Å²) in [5.74, 6) is 0.880. The molecule has 0 amide bonds. The molecule has 1 aliphatic carbocycles. The predicted molar refractivity (Wildman–Crippen MR) is 110 cm³/mol. The SMILES string of the molecule is COc1ncc(-c2cc(C3CC3)c3nccn3n2)c(OC)n1.Cc1ccccc1F. The largest absolute Gasteiger partial charge is 0.480 e. The number of hydrogen-bond donors (Lipinski definition) is 0. The Morgan fingerprint density at radius 3 is 2.53 bits per heavy atom. The van der Waals surface area contributed by atoms with Crippen molar-refractivity contribution in [2.24, 2.45) is 0 Å². The molecular weight excluding hydrogens is 385 g/mol. The lowest BCUT2D eigenvalue weighted by Gasteiger charge is -2.10. The van der Waals surface area contributed by atoms with Gasteiger partial charge < -0.3 is 9.47 Å². The molecule has 4 aromatic rings. The van der Waals surface area contributed by atoms with Gasteiger partial charge in [0.2, 0.25) is 5.88 Å². The van der Waals surface area contributed by atoms with E-state index in [9.17, 15) is 4.39 Å². The fourth-order valence-corrected chi connectivity index (χ4v) is 3.10. The second-order valence-electron chi connectivity index (χ2n) is 6.98. The molecule has 0 radical (unpaired) electrons. The lowest BCUT2D eigenvalue weighted by Crippen LogP contribution is -2.02. The summed E-state index contributed by atoms with van der Waals surface area (Å²) in [7, 11) is 3.10. The number of methoxy groups -OCH3 is 2. The monoisotopic (exact) mass is 407 g/mol. The van der Waals surface area contributed by atoms with Crippen molar-refractivity contribution in [1.29, 1.82) is 0 Å². The van der Waals surface area contributed by atoms with Crippen LogP contribution >= 0.6 is 0 Å². The summed E-state index contributed by atoms with van der Waals surface area (Å²) in [6.45, 7) is 1.75. The highest BCUT2D eigenvalue weighted by molar-refractivity contribution is 5.67. The molecule has 1 saturated carbocycles. The number of aromatic nitrogens is 5. The van der Waals surface area contributed by atoms with Crippen LogP contribution in [0.15, 0.2) is 48.9 Å². The highest BCUT2D eigenvalue weighted by Gasteiger charge is 2.28. The lowest BCUT2D eigenvalue weighted by atomic mass is 10.1. The first-order chi connectivity index (χ1) is 14.6. The summed E-state index contributed by atoms with van der Waals surface area (Å²) >= 11 is 0. The maximum absolute atomic E-state index is 12.3. The van der Waals surface area contributed by atoms with E-state index in [1.54, 1.807) is 43.1 Å². The second kappa shape index (κ2) is 8.44. The van der Waals surface area contributed by atoms with E-state index in [0.29, 0.717) is 17.4 Å². The van der Waals surface area contributed by atoms with Gasteiger partial charge in [-0.15, -0.1) is 0 Å². The standard InChI is InChI=1S/C15H15N5O2.C7H7F/c1-21-14-11(8-17-15(18-14)22-2)12-7-10(9-3-4-9)13-16-5-6-20(13)19-12;1-6-4-2-3-5-7(6)8/h5-9H,3-4H2,1-2H3;2-5H,1H3. The van der Waals surface area contributed by atoms with Gasteiger partial charge in [-0.2, -0.15) is 10.1 Å². The summed E-state index contributed by atoms with van der Waals surface area (Å²) in [6.07, 6.45) is 7.68. The Morgan fingerprint density at radius 1 is 1.10 bits per heavy atom. The predicted octanol–water partition coefficient (Wildman–Crippen LogP) is 4.22. The number of hydrogen-bond acceptors (Lipinski definition) is 6. The Kier molecular flexibility index (Phi) is 5.56. The molecule has 3 heterocycles. The molecule has 0 spiro atoms. The third kappa shape index (κ3) is 4.07. The summed E-state index contributed by atoms with van der Waals surface area (Å²) in [4.78, 5) is 12.8. The molecule has 1 fully saturated rings. The average Bonchev–Trinajstić information content (AvgIpc) is 3.51. The summed E-state index contributed by atoms with van der Waals surface area (Å²) in [5.41, 5.74) is 4.34. The van der Waals surface area contributed by atoms with E-state index in [1.165, 1.54) is 31.6 Å². The van der Waals surface area contributed by atoms with E-state index >= 15 is 0 Å². The van der Waals surface area contributed by atoms with Crippen LogP contribution in [-0.4, -0.2) is 38.8 Å². The molecule has 3 aromatic heterocycles. The Hall–Kier alpha value is -3.55. The van der Waals surface area contributed by atoms with Crippen LogP contribution in [-0.2, 0) is 0 Å². The molecule has 5 rings (SSSR count). The van der Waals surface area contributed by atoms with Gasteiger partial charge in [-0.3, -0.25) is 0 Å². The summed E-state index contributed by atoms with van der Waals surface area (Å²) in [5, 5.41) is 4.59. The van der Waals surface area contributed by atoms with Gasteiger partial charge in [0.05, 0.1) is 25.5 Å². The van der Waals surface area contributed by atoms with E-state index in [-0.39, 0.29) is 11.8 Å². The van der Waals surface area contributed by atoms with E-state index < -0.39 is 0 Å². The summed E-state index contributed by atoms with van der Waals surface area (Å²) in [6, 6.07) is 9.03. The zero-order valence-corrected chi connectivity index (χ0v) is 17.0. The molecule has 0 unspecified atom stereocenters. The molecular formula is C22H22FN5O2. The normalized spacial score (nSPS) is 12.9. The smallest absolute Gasteiger partial charge is 0.319 e. The Bertz CT molecular complexity index is 1150. The van der Waals surface area contributed by atoms with Crippen LogP contribution in [0, 0.1) is 12.7 Å². The molecule has 0 atom stereocenters. The first-order valence-corrected chi connectivity index (χ1v) is 9.61. The number of aryl methyl sites for hydroxylation is 1. The van der Waals surface area contributed by atoms with E-state index in [0.717, 1.165) is 16.9 Å². The van der Waals surface area contributed by atoms with Gasteiger partial charge in [0.1, 0.15) is 5.82 Å². The highest BCUT2D eigenvalue weighted by Crippen LogP contribution is 2.43. The quantitative estimate of drug-likeness (QED) is 0.504. The molecule has 8 heteroatoms. The molecule has 0 aliphatic heterocycles. The summed E-state index contributed by atoms with van der Waals surface area (Å²) < 4.78 is 24.5. The van der Waals surface area contributed by atoms with Crippen LogP contribution in [0.25, 0.3) is 16.9 Å². The number of fused-ring (bicyclic) bond motifs is 1. The van der Waals surface area contributed by atoms with Crippen molar-refractivity contribution in [3.8, 4) is 23.1 Å². The number of ether oxygens (including phenoxy) is 2. The van der Waals surface area contributed by atoms with Crippen molar-refractivity contribution in [2.75, 3.05) is 14.2 Å². The van der Waals surface area contributed by atoms with Crippen LogP contribution in [0.2, 0.25) is 0 Å². The van der Waals surface area contributed by atoms with Gasteiger partial charge in [-0.1, -0.05) is 18.2 Å². The van der Waals surface area contributed by atoms with Crippen LogP contribution < -0.4 is 9.47 Å². The fourth-order valence-electron chi connectivity index (χ4n) is 3.10. The maximum Gasteiger partial charge on any atom is 0.319 e. The number of imidazole rings is 1. The van der Waals surface area contributed by atoms with Gasteiger partial charge >= 0.3 is 6.01 Å². The van der Waals surface area contributed by atoms with E-state index in [2.05, 4.69) is 26.1 Å². The molecule has 30 heavy (non-hydrogen) atoms. The number of rotatable bonds is 4. The third-order valence-electron chi connectivity index (χ3n) is 4.86. The molecule has 7 nitrogen and oxygen atoms in total. The minimum atomic E-state index is -0.132. The van der Waals surface area contributed by atoms with E-state index in [4.69, 9.17) is 9.47 Å². The van der Waals surface area contributed by atoms with Crippen molar-refractivity contribution in [3.63, 3.8) is 0 Å². The Balaban J connectivity index is 0.000000230. The van der Waals surface area contributed by atoms with Gasteiger partial charge in [-0.25, -0.2) is 18.9 Å². The number of benzene rings is 1. The second-order valence-corrected chi connectivity index (χ2v) is 6.98. The molecule has 0 N–H and O–H groups in total. The van der Waals surface area contributed by atoms with Gasteiger partial charge in [0.15, 0.2) is 5.65 Å². The van der Waals surface area contributed by atoms with Gasteiger partial charge in [0, 0.05) is 24.2 Å². The zero-order chi connectivity index (χ0) is 21.1. The van der Waals surface area contributed by atoms with Crippen LogP contribution in [0.4, 0.5) is 4.39 Å². The van der Waals surface area contributed by atoms with Crippen molar-refractivity contribution >= 4 is 5.65 Å². The van der Waals surface area contributed by atoms with E-state index in [1.807, 2.05) is 12.3 Å². The van der Waals surface area contributed by atoms with Crippen LogP contribution in [0.1, 0.15) is 29.9 Å². The molecule has 0 saturated heterocycles. The van der Waals surface area contributed by atoms with Gasteiger partial charge in [-0.05, 0) is 43.4 Å². The molecule has 1 aliphatic rings. The third-order valence-corrected chi connectivity index (χ3v) is 4.86. The number of nitrogens with zero attached hydrogens (tertiary/aromatic N) is 5. The minimum absolute atomic E-state index is 0.132. The van der Waals surface area contributed by atoms with Gasteiger partial charge in [0.25, 0.3) is 0 Å². The van der Waals surface area contributed by atoms with Crippen molar-refractivity contribution in [1.82, 2.24) is 24.6 Å². The van der Waals surface area contributed by atoms with Crippen molar-refractivity contribution in [2.45, 2.75) is 25.7 Å². The zero-order valence-electron chi connectivity index (χ0n) is 17.0. The average molecular weight is 407 g/mol. The van der Waals surface area contributed by atoms with Crippen molar-refractivity contribution in [3.05, 3.63) is 65.9 Å². The first-order valence-electron chi connectivity index (χ1n) is 9.61. The first kappa shape index (κ1) is 19.8. The fraction of sp³-hybridized carbons (Fsp3) is 0.273. The minimum Gasteiger partial charge on any atom is -0.480 e. The topological polar surface area (TPSA) is 74.4 Å². The Morgan fingerprint density at radius 2 is 1.90 bits per heavy atom. The molecule has 0 bridgehead atoms.